The van der Waals surface area contributed by atoms with Crippen LogP contribution in [0.5, 0.6) is 0 Å². The third-order valence-corrected chi connectivity index (χ3v) is 5.43. The van der Waals surface area contributed by atoms with Crippen molar-refractivity contribution in [1.29, 1.82) is 0 Å². The third kappa shape index (κ3) is 3.71. The Morgan fingerprint density at radius 2 is 2.15 bits per heavy atom. The first kappa shape index (κ1) is 18.3. The number of pyridine rings is 1. The molecule has 0 spiro atoms. The van der Waals surface area contributed by atoms with Gasteiger partial charge in [-0.3, -0.25) is 9.59 Å². The lowest BCUT2D eigenvalue weighted by Gasteiger charge is -2.13. The minimum atomic E-state index is -1.08. The molecule has 0 aliphatic heterocycles. The van der Waals surface area contributed by atoms with Crippen LogP contribution in [0.25, 0.3) is 0 Å². The second-order valence-electron chi connectivity index (χ2n) is 5.82. The van der Waals surface area contributed by atoms with Crippen molar-refractivity contribution in [3.8, 4) is 0 Å². The highest BCUT2D eigenvalue weighted by atomic mass is 35.5. The molecule has 2 heterocycles. The van der Waals surface area contributed by atoms with E-state index in [1.807, 2.05) is 0 Å². The van der Waals surface area contributed by atoms with Crippen LogP contribution in [0, 0.1) is 0 Å². The van der Waals surface area contributed by atoms with Crippen LogP contribution in [-0.2, 0) is 22.4 Å². The van der Waals surface area contributed by atoms with Crippen molar-refractivity contribution in [3.63, 3.8) is 0 Å². The van der Waals surface area contributed by atoms with Crippen molar-refractivity contribution in [2.45, 2.75) is 32.3 Å². The number of thiophene rings is 1. The van der Waals surface area contributed by atoms with Crippen LogP contribution in [0.2, 0.25) is 5.02 Å². The number of aromatic nitrogens is 1. The van der Waals surface area contributed by atoms with Gasteiger partial charge >= 0.3 is 5.97 Å². The number of nitrogens with one attached hydrogen (secondary N) is 1. The molecule has 1 aliphatic carbocycles. The Kier molecular flexibility index (Phi) is 5.24. The predicted molar refractivity (Wildman–Crippen MR) is 97.6 cm³/mol. The fourth-order valence-corrected chi connectivity index (χ4v) is 4.21. The Bertz CT molecular complexity index is 896. The third-order valence-electron chi connectivity index (χ3n) is 3.99. The lowest BCUT2D eigenvalue weighted by atomic mass is 10.1. The smallest absolute Gasteiger partial charge is 0.357 e. The molecule has 3 N–H and O–H groups in total. The zero-order valence-corrected chi connectivity index (χ0v) is 15.4. The van der Waals surface area contributed by atoms with Gasteiger partial charge in [0.05, 0.1) is 5.56 Å². The van der Waals surface area contributed by atoms with Gasteiger partial charge in [-0.2, -0.15) is 0 Å². The number of hydrogen-bond donors (Lipinski definition) is 2. The number of aryl methyl sites for hydroxylation is 1. The first-order chi connectivity index (χ1) is 12.4. The van der Waals surface area contributed by atoms with Crippen LogP contribution in [0.4, 0.5) is 5.00 Å². The van der Waals surface area contributed by atoms with Crippen LogP contribution in [0.3, 0.4) is 0 Å². The molecule has 0 aromatic carbocycles. The van der Waals surface area contributed by atoms with E-state index in [4.69, 9.17) is 22.1 Å². The Morgan fingerprint density at radius 1 is 1.38 bits per heavy atom. The number of esters is 1. The van der Waals surface area contributed by atoms with E-state index in [1.54, 1.807) is 0 Å². The van der Waals surface area contributed by atoms with E-state index in [0.29, 0.717) is 15.6 Å². The number of rotatable bonds is 5. The number of nitrogens with two attached hydrogens (primary N) is 1. The summed E-state index contributed by atoms with van der Waals surface area (Å²) in [6.07, 6.45) is 2.89. The van der Waals surface area contributed by atoms with Gasteiger partial charge in [-0.1, -0.05) is 11.6 Å². The number of hydrogen-bond acceptors (Lipinski definition) is 6. The molecule has 0 bridgehead atoms. The zero-order valence-electron chi connectivity index (χ0n) is 13.9. The maximum Gasteiger partial charge on any atom is 0.357 e. The monoisotopic (exact) mass is 393 g/mol. The molecule has 9 heteroatoms. The Morgan fingerprint density at radius 3 is 2.85 bits per heavy atom. The number of primary amides is 1. The summed E-state index contributed by atoms with van der Waals surface area (Å²) in [6.45, 7) is 1.43. The maximum absolute atomic E-state index is 12.4. The lowest BCUT2D eigenvalue weighted by Crippen LogP contribution is -2.30. The fraction of sp³-hybridized carbons (Fsp3) is 0.294. The van der Waals surface area contributed by atoms with Crippen LogP contribution in [0.15, 0.2) is 18.3 Å². The number of nitrogens with zero attached hydrogens (tertiary/aromatic N) is 1. The SMILES string of the molecule is C[C@@H](OC(=O)c1cc(Cl)ccn1)C(=O)Nc1sc2c(c1C(N)=O)CCC2. The molecule has 0 fully saturated rings. The second kappa shape index (κ2) is 7.43. The number of carbonyl (C=O) groups excluding carboxylic acids is 3. The summed E-state index contributed by atoms with van der Waals surface area (Å²) >= 11 is 7.15. The van der Waals surface area contributed by atoms with E-state index in [2.05, 4.69) is 10.3 Å². The largest absolute Gasteiger partial charge is 0.448 e. The Balaban J connectivity index is 1.70. The number of carbonyl (C=O) groups is 3. The molecule has 2 amide bonds. The minimum Gasteiger partial charge on any atom is -0.448 e. The molecule has 2 aromatic heterocycles. The average Bonchev–Trinajstić information content (AvgIpc) is 3.14. The predicted octanol–water partition coefficient (Wildman–Crippen LogP) is 2.57. The van der Waals surface area contributed by atoms with Crippen LogP contribution >= 0.6 is 22.9 Å². The van der Waals surface area contributed by atoms with Crippen LogP contribution in [-0.4, -0.2) is 28.9 Å². The molecule has 0 saturated carbocycles. The fourth-order valence-electron chi connectivity index (χ4n) is 2.76. The van der Waals surface area contributed by atoms with Crippen molar-refractivity contribution in [2.24, 2.45) is 5.73 Å². The van der Waals surface area contributed by atoms with Gasteiger partial charge in [-0.25, -0.2) is 9.78 Å². The van der Waals surface area contributed by atoms with Crippen molar-refractivity contribution < 1.29 is 19.1 Å². The number of amides is 2. The first-order valence-electron chi connectivity index (χ1n) is 7.94. The van der Waals surface area contributed by atoms with Crippen molar-refractivity contribution >= 4 is 45.7 Å². The molecule has 0 saturated heterocycles. The first-order valence-corrected chi connectivity index (χ1v) is 9.14. The molecule has 26 heavy (non-hydrogen) atoms. The van der Waals surface area contributed by atoms with Gasteiger partial charge in [0.15, 0.2) is 6.10 Å². The van der Waals surface area contributed by atoms with Gasteiger partial charge in [0.25, 0.3) is 11.8 Å². The average molecular weight is 394 g/mol. The molecule has 0 radical (unpaired) electrons. The van der Waals surface area contributed by atoms with Crippen LogP contribution in [0.1, 0.15) is 44.6 Å². The van der Waals surface area contributed by atoms with Crippen LogP contribution < -0.4 is 11.1 Å². The maximum atomic E-state index is 12.4. The summed E-state index contributed by atoms with van der Waals surface area (Å²) in [5.74, 6) is -1.89. The van der Waals surface area contributed by atoms with Crippen molar-refractivity contribution in [3.05, 3.63) is 45.1 Å². The van der Waals surface area contributed by atoms with E-state index in [-0.39, 0.29) is 5.69 Å². The zero-order chi connectivity index (χ0) is 18.8. The standard InChI is InChI=1S/C17H16ClN3O4S/c1-8(25-17(24)11-7-9(18)5-6-20-11)15(23)21-16-13(14(19)22)10-3-2-4-12(10)26-16/h5-8H,2-4H2,1H3,(H2,19,22)(H,21,23)/t8-/m1/s1. The number of halogens is 1. The van der Waals surface area contributed by atoms with Crippen molar-refractivity contribution in [2.75, 3.05) is 5.32 Å². The Hall–Kier alpha value is -2.45. The van der Waals surface area contributed by atoms with Gasteiger partial charge in [0.1, 0.15) is 10.7 Å². The van der Waals surface area contributed by atoms with Gasteiger partial charge in [0, 0.05) is 16.1 Å². The summed E-state index contributed by atoms with van der Waals surface area (Å²) < 4.78 is 5.12. The van der Waals surface area contributed by atoms with E-state index in [9.17, 15) is 14.4 Å². The molecule has 136 valence electrons. The quantitative estimate of drug-likeness (QED) is 0.758. The summed E-state index contributed by atoms with van der Waals surface area (Å²) in [5, 5.41) is 3.38. The molecule has 2 aromatic rings. The van der Waals surface area contributed by atoms with Crippen molar-refractivity contribution in [1.82, 2.24) is 4.98 Å². The minimum absolute atomic E-state index is 0.00470. The van der Waals surface area contributed by atoms with E-state index in [0.717, 1.165) is 29.7 Å². The summed E-state index contributed by atoms with van der Waals surface area (Å²) in [6, 6.07) is 2.87. The summed E-state index contributed by atoms with van der Waals surface area (Å²) in [7, 11) is 0. The highest BCUT2D eigenvalue weighted by Gasteiger charge is 2.28. The number of ether oxygens (including phenoxy) is 1. The highest BCUT2D eigenvalue weighted by molar-refractivity contribution is 7.17. The van der Waals surface area contributed by atoms with E-state index in [1.165, 1.54) is 36.6 Å². The molecule has 3 rings (SSSR count). The summed E-state index contributed by atoms with van der Waals surface area (Å²) in [5.41, 5.74) is 6.73. The molecule has 7 nitrogen and oxygen atoms in total. The van der Waals surface area contributed by atoms with E-state index < -0.39 is 23.9 Å². The topological polar surface area (TPSA) is 111 Å². The highest BCUT2D eigenvalue weighted by Crippen LogP contribution is 2.38. The Labute approximate surface area is 158 Å². The van der Waals surface area contributed by atoms with Gasteiger partial charge < -0.3 is 15.8 Å². The lowest BCUT2D eigenvalue weighted by molar-refractivity contribution is -0.123. The van der Waals surface area contributed by atoms with Gasteiger partial charge in [-0.05, 0) is 43.9 Å². The van der Waals surface area contributed by atoms with Gasteiger partial charge in [0.2, 0.25) is 0 Å². The van der Waals surface area contributed by atoms with Gasteiger partial charge in [-0.15, -0.1) is 11.3 Å². The second-order valence-corrected chi connectivity index (χ2v) is 7.36. The molecule has 1 aliphatic rings. The summed E-state index contributed by atoms with van der Waals surface area (Å²) in [4.78, 5) is 41.1. The molecule has 0 unspecified atom stereocenters. The normalized spacial score (nSPS) is 13.8. The molecular weight excluding hydrogens is 378 g/mol. The van der Waals surface area contributed by atoms with E-state index >= 15 is 0 Å². The molecule has 1 atom stereocenters. The molecular formula is C17H16ClN3O4S. The number of anilines is 1. The number of fused-ring (bicyclic) bond motifs is 1.